The number of sulfone groups is 1. The molecule has 0 unspecified atom stereocenters. The Hall–Kier alpha value is -3.12. The van der Waals surface area contributed by atoms with Crippen molar-refractivity contribution in [2.24, 2.45) is 0 Å². The zero-order valence-corrected chi connectivity index (χ0v) is 20.5. The number of ether oxygens (including phenoxy) is 3. The van der Waals surface area contributed by atoms with Crippen LogP contribution in [0.5, 0.6) is 11.5 Å². The Labute approximate surface area is 196 Å². The Balaban J connectivity index is 2.51. The molecule has 0 aliphatic heterocycles. The van der Waals surface area contributed by atoms with Gasteiger partial charge in [0.2, 0.25) is 5.91 Å². The smallest absolute Gasteiger partial charge is 0.339 e. The van der Waals surface area contributed by atoms with Crippen LogP contribution >= 0.6 is 11.3 Å². The highest BCUT2D eigenvalue weighted by atomic mass is 32.2. The van der Waals surface area contributed by atoms with E-state index in [2.05, 4.69) is 10.6 Å². The molecule has 2 rings (SSSR count). The van der Waals surface area contributed by atoms with Gasteiger partial charge in [0.1, 0.15) is 14.8 Å². The minimum atomic E-state index is -3.53. The van der Waals surface area contributed by atoms with Crippen LogP contribution in [0.15, 0.2) is 23.6 Å². The molecule has 2 N–H and O–H groups in total. The second-order valence-corrected chi connectivity index (χ2v) is 10.1. The number of rotatable bonds is 10. The van der Waals surface area contributed by atoms with Crippen LogP contribution in [0.4, 0.5) is 5.00 Å². The lowest BCUT2D eigenvalue weighted by Gasteiger charge is -2.21. The molecule has 0 saturated carbocycles. The normalized spacial score (nSPS) is 11.9. The van der Waals surface area contributed by atoms with E-state index in [-0.39, 0.29) is 16.1 Å². The van der Waals surface area contributed by atoms with Gasteiger partial charge in [-0.3, -0.25) is 9.59 Å². The summed E-state index contributed by atoms with van der Waals surface area (Å²) < 4.78 is 39.8. The third-order valence-corrected chi connectivity index (χ3v) is 6.21. The molecule has 10 nitrogen and oxygen atoms in total. The number of anilines is 1. The average molecular weight is 499 g/mol. The monoisotopic (exact) mass is 498 g/mol. The van der Waals surface area contributed by atoms with Crippen molar-refractivity contribution in [3.63, 3.8) is 0 Å². The SMILES string of the molecule is CCOc1cc([C@@H](CS(C)(=O)=O)NC(=O)c2c(C(=O)OC)csc2NC(C)=O)ccc1OC. The highest BCUT2D eigenvalue weighted by Gasteiger charge is 2.28. The van der Waals surface area contributed by atoms with Crippen LogP contribution in [0.2, 0.25) is 0 Å². The van der Waals surface area contributed by atoms with Gasteiger partial charge in [-0.2, -0.15) is 0 Å². The van der Waals surface area contributed by atoms with Crippen LogP contribution in [0.3, 0.4) is 0 Å². The van der Waals surface area contributed by atoms with Crippen molar-refractivity contribution in [2.45, 2.75) is 19.9 Å². The van der Waals surface area contributed by atoms with Gasteiger partial charge in [0, 0.05) is 18.6 Å². The number of carbonyl (C=O) groups is 3. The molecule has 0 radical (unpaired) electrons. The number of nitrogens with one attached hydrogen (secondary N) is 2. The standard InChI is InChI=1S/C21H26N2O8S2/c1-6-31-17-9-13(7-8-16(17)29-3)15(11-33(5,27)28)23-19(25)18-14(21(26)30-4)10-32-20(18)22-12(2)24/h7-10,15H,6,11H2,1-5H3,(H,22,24)(H,23,25)/t15-/m1/s1. The Bertz CT molecular complexity index is 1140. The summed E-state index contributed by atoms with van der Waals surface area (Å²) in [4.78, 5) is 37.0. The van der Waals surface area contributed by atoms with Gasteiger partial charge >= 0.3 is 5.97 Å². The summed E-state index contributed by atoms with van der Waals surface area (Å²) in [6.45, 7) is 3.40. The summed E-state index contributed by atoms with van der Waals surface area (Å²) in [6, 6.07) is 3.83. The van der Waals surface area contributed by atoms with E-state index in [4.69, 9.17) is 14.2 Å². The molecule has 33 heavy (non-hydrogen) atoms. The highest BCUT2D eigenvalue weighted by Crippen LogP contribution is 2.33. The van der Waals surface area contributed by atoms with Crippen LogP contribution in [-0.2, 0) is 19.4 Å². The predicted molar refractivity (Wildman–Crippen MR) is 124 cm³/mol. The number of methoxy groups -OCH3 is 2. The second-order valence-electron chi connectivity index (χ2n) is 6.99. The summed E-state index contributed by atoms with van der Waals surface area (Å²) in [5.41, 5.74) is 0.291. The van der Waals surface area contributed by atoms with Crippen molar-refractivity contribution in [1.29, 1.82) is 0 Å². The maximum absolute atomic E-state index is 13.2. The minimum absolute atomic E-state index is 0.0495. The molecule has 1 aromatic carbocycles. The van der Waals surface area contributed by atoms with Gasteiger partial charge in [0.05, 0.1) is 43.7 Å². The summed E-state index contributed by atoms with van der Waals surface area (Å²) in [6.07, 6.45) is 1.05. The van der Waals surface area contributed by atoms with E-state index in [1.807, 2.05) is 0 Å². The maximum atomic E-state index is 13.2. The van der Waals surface area contributed by atoms with Gasteiger partial charge in [0.15, 0.2) is 11.5 Å². The molecule has 0 fully saturated rings. The predicted octanol–water partition coefficient (Wildman–Crippen LogP) is 2.42. The summed E-state index contributed by atoms with van der Waals surface area (Å²) in [5.74, 6) is -1.53. The van der Waals surface area contributed by atoms with Crippen LogP contribution in [0.1, 0.15) is 46.2 Å². The molecule has 2 amide bonds. The lowest BCUT2D eigenvalue weighted by atomic mass is 10.1. The number of amides is 2. The first-order valence-electron chi connectivity index (χ1n) is 9.77. The van der Waals surface area contributed by atoms with Gasteiger partial charge in [-0.25, -0.2) is 13.2 Å². The molecule has 0 aliphatic carbocycles. The first kappa shape index (κ1) is 26.1. The van der Waals surface area contributed by atoms with Crippen molar-refractivity contribution < 1.29 is 37.0 Å². The van der Waals surface area contributed by atoms with Gasteiger partial charge in [0.25, 0.3) is 5.91 Å². The van der Waals surface area contributed by atoms with Gasteiger partial charge in [-0.05, 0) is 24.6 Å². The van der Waals surface area contributed by atoms with Crippen LogP contribution < -0.4 is 20.1 Å². The lowest BCUT2D eigenvalue weighted by Crippen LogP contribution is -2.34. The quantitative estimate of drug-likeness (QED) is 0.477. The fraction of sp³-hybridized carbons (Fsp3) is 0.381. The molecule has 0 aliphatic rings. The number of thiophene rings is 1. The minimum Gasteiger partial charge on any atom is -0.493 e. The molecule has 0 bridgehead atoms. The molecule has 12 heteroatoms. The van der Waals surface area contributed by atoms with Gasteiger partial charge < -0.3 is 24.8 Å². The van der Waals surface area contributed by atoms with Crippen LogP contribution in [-0.4, -0.2) is 59.0 Å². The van der Waals surface area contributed by atoms with Crippen molar-refractivity contribution >= 4 is 44.0 Å². The number of benzene rings is 1. The van der Waals surface area contributed by atoms with Crippen LogP contribution in [0, 0.1) is 0 Å². The fourth-order valence-corrected chi connectivity index (χ4v) is 4.88. The number of esters is 1. The van der Waals surface area contributed by atoms with E-state index in [1.165, 1.54) is 26.5 Å². The third kappa shape index (κ3) is 6.93. The number of hydrogen-bond acceptors (Lipinski definition) is 9. The zero-order valence-electron chi connectivity index (χ0n) is 18.9. The molecule has 1 heterocycles. The van der Waals surface area contributed by atoms with E-state index in [9.17, 15) is 22.8 Å². The highest BCUT2D eigenvalue weighted by molar-refractivity contribution is 7.90. The van der Waals surface area contributed by atoms with Crippen molar-refractivity contribution in [3.05, 3.63) is 40.3 Å². The molecular formula is C21H26N2O8S2. The fourth-order valence-electron chi connectivity index (χ4n) is 3.03. The topological polar surface area (TPSA) is 137 Å². The summed E-state index contributed by atoms with van der Waals surface area (Å²) >= 11 is 0.978. The summed E-state index contributed by atoms with van der Waals surface area (Å²) in [7, 11) is -0.893. The Morgan fingerprint density at radius 2 is 1.85 bits per heavy atom. The number of hydrogen-bond donors (Lipinski definition) is 2. The van der Waals surface area contributed by atoms with E-state index in [1.54, 1.807) is 25.1 Å². The molecule has 180 valence electrons. The first-order valence-corrected chi connectivity index (χ1v) is 12.7. The van der Waals surface area contributed by atoms with Crippen molar-refractivity contribution in [1.82, 2.24) is 5.32 Å². The molecule has 0 saturated heterocycles. The average Bonchev–Trinajstić information content (AvgIpc) is 3.14. The zero-order chi connectivity index (χ0) is 24.8. The Morgan fingerprint density at radius 3 is 2.39 bits per heavy atom. The molecule has 1 aromatic heterocycles. The maximum Gasteiger partial charge on any atom is 0.339 e. The largest absolute Gasteiger partial charge is 0.493 e. The Morgan fingerprint density at radius 1 is 1.15 bits per heavy atom. The molecule has 0 spiro atoms. The van der Waals surface area contributed by atoms with Gasteiger partial charge in [-0.15, -0.1) is 11.3 Å². The van der Waals surface area contributed by atoms with Gasteiger partial charge in [-0.1, -0.05) is 6.07 Å². The molecular weight excluding hydrogens is 472 g/mol. The first-order chi connectivity index (χ1) is 15.5. The summed E-state index contributed by atoms with van der Waals surface area (Å²) in [5, 5.41) is 6.71. The lowest BCUT2D eigenvalue weighted by molar-refractivity contribution is -0.114. The third-order valence-electron chi connectivity index (χ3n) is 4.38. The number of carbonyl (C=O) groups excluding carboxylic acids is 3. The van der Waals surface area contributed by atoms with Crippen LogP contribution in [0.25, 0.3) is 0 Å². The van der Waals surface area contributed by atoms with E-state index < -0.39 is 39.4 Å². The van der Waals surface area contributed by atoms with E-state index in [0.29, 0.717) is 23.7 Å². The van der Waals surface area contributed by atoms with Crippen molar-refractivity contribution in [3.8, 4) is 11.5 Å². The second kappa shape index (κ2) is 11.1. The van der Waals surface area contributed by atoms with E-state index in [0.717, 1.165) is 17.6 Å². The van der Waals surface area contributed by atoms with E-state index >= 15 is 0 Å². The molecule has 1 atom stereocenters. The van der Waals surface area contributed by atoms with Crippen molar-refractivity contribution in [2.75, 3.05) is 38.2 Å². The molecule has 2 aromatic rings. The Kier molecular flexibility index (Phi) is 8.83.